The van der Waals surface area contributed by atoms with Crippen LogP contribution in [0, 0.1) is 0 Å². The third kappa shape index (κ3) is 5.96. The molecule has 0 unspecified atom stereocenters. The van der Waals surface area contributed by atoms with E-state index in [4.69, 9.17) is 21.1 Å². The van der Waals surface area contributed by atoms with Crippen LogP contribution in [0.4, 0.5) is 0 Å². The van der Waals surface area contributed by atoms with Gasteiger partial charge >= 0.3 is 11.9 Å². The molecule has 0 saturated heterocycles. The fourth-order valence-electron chi connectivity index (χ4n) is 2.55. The number of rotatable bonds is 7. The van der Waals surface area contributed by atoms with Crippen molar-refractivity contribution < 1.29 is 19.1 Å². The molecule has 4 nitrogen and oxygen atoms in total. The van der Waals surface area contributed by atoms with Crippen LogP contribution in [0.5, 0.6) is 5.75 Å². The van der Waals surface area contributed by atoms with Gasteiger partial charge in [0.15, 0.2) is 0 Å². The zero-order valence-electron chi connectivity index (χ0n) is 15.1. The number of aryl methyl sites for hydroxylation is 1. The van der Waals surface area contributed by atoms with Crippen molar-refractivity contribution in [2.45, 2.75) is 19.4 Å². The zero-order chi connectivity index (χ0) is 19.8. The Morgan fingerprint density at radius 2 is 1.46 bits per heavy atom. The van der Waals surface area contributed by atoms with Crippen LogP contribution in [-0.2, 0) is 22.6 Å². The van der Waals surface area contributed by atoms with E-state index in [1.165, 1.54) is 0 Å². The van der Waals surface area contributed by atoms with Crippen LogP contribution in [-0.4, -0.2) is 11.9 Å². The van der Waals surface area contributed by atoms with E-state index in [1.807, 2.05) is 42.5 Å². The van der Waals surface area contributed by atoms with Gasteiger partial charge in [-0.05, 0) is 53.9 Å². The van der Waals surface area contributed by atoms with Crippen molar-refractivity contribution in [3.05, 3.63) is 101 Å². The Kier molecular flexibility index (Phi) is 6.82. The Labute approximate surface area is 168 Å². The summed E-state index contributed by atoms with van der Waals surface area (Å²) >= 11 is 5.84. The van der Waals surface area contributed by atoms with Gasteiger partial charge in [-0.3, -0.25) is 4.79 Å². The van der Waals surface area contributed by atoms with E-state index in [2.05, 4.69) is 0 Å². The van der Waals surface area contributed by atoms with Crippen molar-refractivity contribution in [1.82, 2.24) is 0 Å². The van der Waals surface area contributed by atoms with Crippen LogP contribution < -0.4 is 4.74 Å². The second kappa shape index (κ2) is 9.72. The maximum absolute atomic E-state index is 12.1. The van der Waals surface area contributed by atoms with Crippen molar-refractivity contribution in [2.75, 3.05) is 0 Å². The highest BCUT2D eigenvalue weighted by molar-refractivity contribution is 6.30. The molecular formula is C23H19ClO4. The highest BCUT2D eigenvalue weighted by Gasteiger charge is 2.10. The Bertz CT molecular complexity index is 919. The van der Waals surface area contributed by atoms with Gasteiger partial charge in [0.25, 0.3) is 0 Å². The van der Waals surface area contributed by atoms with Gasteiger partial charge in [-0.1, -0.05) is 54.1 Å². The molecule has 3 aromatic carbocycles. The molecule has 0 amide bonds. The highest BCUT2D eigenvalue weighted by Crippen LogP contribution is 2.16. The van der Waals surface area contributed by atoms with E-state index < -0.39 is 5.97 Å². The van der Waals surface area contributed by atoms with Gasteiger partial charge in [0, 0.05) is 11.4 Å². The van der Waals surface area contributed by atoms with Crippen LogP contribution in [0.1, 0.15) is 27.9 Å². The first-order chi connectivity index (χ1) is 13.6. The first-order valence-electron chi connectivity index (χ1n) is 8.86. The minimum Gasteiger partial charge on any atom is -0.457 e. The lowest BCUT2D eigenvalue weighted by molar-refractivity contribution is -0.134. The summed E-state index contributed by atoms with van der Waals surface area (Å²) < 4.78 is 10.6. The third-order valence-electron chi connectivity index (χ3n) is 4.07. The average Bonchev–Trinajstić information content (AvgIpc) is 2.73. The van der Waals surface area contributed by atoms with Crippen molar-refractivity contribution in [1.29, 1.82) is 0 Å². The van der Waals surface area contributed by atoms with Crippen LogP contribution >= 0.6 is 11.6 Å². The van der Waals surface area contributed by atoms with E-state index in [1.54, 1.807) is 36.4 Å². The number of benzene rings is 3. The quantitative estimate of drug-likeness (QED) is 0.406. The predicted molar refractivity (Wildman–Crippen MR) is 107 cm³/mol. The number of esters is 2. The fraction of sp³-hybridized carbons (Fsp3) is 0.130. The predicted octanol–water partition coefficient (Wildman–Crippen LogP) is 5.24. The molecule has 0 aliphatic rings. The summed E-state index contributed by atoms with van der Waals surface area (Å²) in [5, 5.41) is 0.661. The number of hydrogen-bond acceptors (Lipinski definition) is 4. The maximum Gasteiger partial charge on any atom is 0.338 e. The lowest BCUT2D eigenvalue weighted by atomic mass is 10.1. The number of ether oxygens (including phenoxy) is 2. The molecule has 0 radical (unpaired) electrons. The van der Waals surface area contributed by atoms with Gasteiger partial charge in [0.2, 0.25) is 0 Å². The normalized spacial score (nSPS) is 10.3. The van der Waals surface area contributed by atoms with Gasteiger partial charge in [-0.25, -0.2) is 4.79 Å². The molecule has 3 aromatic rings. The first-order valence-corrected chi connectivity index (χ1v) is 9.24. The summed E-state index contributed by atoms with van der Waals surface area (Å²) in [4.78, 5) is 24.1. The third-order valence-corrected chi connectivity index (χ3v) is 4.32. The SMILES string of the molecule is O=C(CCc1ccc(Cl)cc1)Oc1ccc(C(=O)OCc2ccccc2)cc1. The molecular weight excluding hydrogens is 376 g/mol. The van der Waals surface area contributed by atoms with Gasteiger partial charge < -0.3 is 9.47 Å². The Hall–Kier alpha value is -3.11. The topological polar surface area (TPSA) is 52.6 Å². The zero-order valence-corrected chi connectivity index (χ0v) is 15.9. The molecule has 0 N–H and O–H groups in total. The molecule has 142 valence electrons. The number of hydrogen-bond donors (Lipinski definition) is 0. The minimum absolute atomic E-state index is 0.209. The largest absolute Gasteiger partial charge is 0.457 e. The minimum atomic E-state index is -0.426. The van der Waals surface area contributed by atoms with E-state index in [0.29, 0.717) is 22.8 Å². The Balaban J connectivity index is 1.47. The van der Waals surface area contributed by atoms with Crippen LogP contribution in [0.2, 0.25) is 5.02 Å². The average molecular weight is 395 g/mol. The summed E-state index contributed by atoms with van der Waals surface area (Å²) in [6, 6.07) is 23.1. The molecule has 0 bridgehead atoms. The molecule has 0 saturated carbocycles. The molecule has 0 aliphatic heterocycles. The Morgan fingerprint density at radius 3 is 2.14 bits per heavy atom. The van der Waals surface area contributed by atoms with E-state index >= 15 is 0 Å². The lowest BCUT2D eigenvalue weighted by Crippen LogP contribution is -2.09. The number of carbonyl (C=O) groups excluding carboxylic acids is 2. The second-order valence-electron chi connectivity index (χ2n) is 6.19. The molecule has 0 aliphatic carbocycles. The van der Waals surface area contributed by atoms with Gasteiger partial charge in [0.1, 0.15) is 12.4 Å². The standard InChI is InChI=1S/C23H19ClO4/c24-20-11-6-17(7-12-20)8-15-22(25)28-21-13-9-19(10-14-21)23(26)27-16-18-4-2-1-3-5-18/h1-7,9-14H,8,15-16H2. The molecule has 0 spiro atoms. The van der Waals surface area contributed by atoms with Crippen LogP contribution in [0.3, 0.4) is 0 Å². The summed E-state index contributed by atoms with van der Waals surface area (Å²) in [5.74, 6) is -0.375. The van der Waals surface area contributed by atoms with Crippen molar-refractivity contribution in [3.63, 3.8) is 0 Å². The monoisotopic (exact) mass is 394 g/mol. The Morgan fingerprint density at radius 1 is 0.786 bits per heavy atom. The number of carbonyl (C=O) groups is 2. The molecule has 5 heteroatoms. The molecule has 0 atom stereocenters. The van der Waals surface area contributed by atoms with Crippen molar-refractivity contribution in [3.8, 4) is 5.75 Å². The van der Waals surface area contributed by atoms with Crippen LogP contribution in [0.25, 0.3) is 0 Å². The van der Waals surface area contributed by atoms with Gasteiger partial charge in [0.05, 0.1) is 5.56 Å². The van der Waals surface area contributed by atoms with Gasteiger partial charge in [-0.2, -0.15) is 0 Å². The fourth-order valence-corrected chi connectivity index (χ4v) is 2.67. The van der Waals surface area contributed by atoms with E-state index in [0.717, 1.165) is 11.1 Å². The number of halogens is 1. The van der Waals surface area contributed by atoms with Crippen molar-refractivity contribution >= 4 is 23.5 Å². The molecule has 28 heavy (non-hydrogen) atoms. The summed E-state index contributed by atoms with van der Waals surface area (Å²) in [6.07, 6.45) is 0.822. The first kappa shape index (κ1) is 19.6. The summed E-state index contributed by atoms with van der Waals surface area (Å²) in [7, 11) is 0. The molecule has 0 aromatic heterocycles. The smallest absolute Gasteiger partial charge is 0.338 e. The maximum atomic E-state index is 12.1. The highest BCUT2D eigenvalue weighted by atomic mass is 35.5. The van der Waals surface area contributed by atoms with E-state index in [9.17, 15) is 9.59 Å². The molecule has 3 rings (SSSR count). The lowest BCUT2D eigenvalue weighted by Gasteiger charge is -2.07. The van der Waals surface area contributed by atoms with Crippen LogP contribution in [0.15, 0.2) is 78.9 Å². The van der Waals surface area contributed by atoms with Crippen molar-refractivity contribution in [2.24, 2.45) is 0 Å². The molecule has 0 heterocycles. The second-order valence-corrected chi connectivity index (χ2v) is 6.62. The van der Waals surface area contributed by atoms with Gasteiger partial charge in [-0.15, -0.1) is 0 Å². The summed E-state index contributed by atoms with van der Waals surface area (Å²) in [6.45, 7) is 0.209. The summed E-state index contributed by atoms with van der Waals surface area (Å²) in [5.41, 5.74) is 2.33. The molecule has 0 fully saturated rings. The van der Waals surface area contributed by atoms with E-state index in [-0.39, 0.29) is 19.0 Å².